The van der Waals surface area contributed by atoms with Crippen LogP contribution in [-0.4, -0.2) is 95.6 Å². The molecule has 1 unspecified atom stereocenters. The van der Waals surface area contributed by atoms with E-state index < -0.39 is 66.0 Å². The number of nitrogens with zero attached hydrogens (tertiary/aromatic N) is 1. The number of unbranched alkanes of at least 4 members (excludes halogenated alkanes) is 2. The number of nitrogens with two attached hydrogens (primary N) is 3. The van der Waals surface area contributed by atoms with E-state index in [1.54, 1.807) is 12.1 Å². The lowest BCUT2D eigenvalue weighted by atomic mass is 9.88. The standard InChI is InChI=1S/C36H52FN7O6/c37-19-9-7-15-28(32(46)42-29(16-8-10-20-38)34(48)44-21-17-36(40,18-22-44)35(49)50)41-33(47)30(24-26-13-5-2-6-14-26)43-31(45)27(39)23-25-11-3-1-4-12-25/h1-6,11-14,27-30H,7-10,15-24,38-40H2,(H,41,47)(H,42,46)(H,43,45)(H,49,50)/t27-,28?,29-,30-/m1/s1. The number of benzene rings is 2. The maximum Gasteiger partial charge on any atom is 0.323 e. The summed E-state index contributed by atoms with van der Waals surface area (Å²) in [4.78, 5) is 67.6. The van der Waals surface area contributed by atoms with Crippen molar-refractivity contribution in [3.8, 4) is 0 Å². The fourth-order valence-electron chi connectivity index (χ4n) is 5.87. The van der Waals surface area contributed by atoms with E-state index in [9.17, 15) is 33.5 Å². The van der Waals surface area contributed by atoms with Crippen molar-refractivity contribution in [1.29, 1.82) is 0 Å². The minimum absolute atomic E-state index is 0.0585. The Bertz CT molecular complexity index is 1390. The van der Waals surface area contributed by atoms with Crippen LogP contribution in [0, 0.1) is 0 Å². The molecule has 50 heavy (non-hydrogen) atoms. The number of carboxylic acid groups (broad SMARTS) is 1. The number of alkyl halides is 1. The van der Waals surface area contributed by atoms with E-state index >= 15 is 0 Å². The number of carbonyl (C=O) groups excluding carboxylic acids is 4. The molecule has 0 spiro atoms. The van der Waals surface area contributed by atoms with Crippen LogP contribution < -0.4 is 33.2 Å². The minimum Gasteiger partial charge on any atom is -0.480 e. The number of hydrogen-bond donors (Lipinski definition) is 7. The summed E-state index contributed by atoms with van der Waals surface area (Å²) < 4.78 is 13.1. The molecule has 10 N–H and O–H groups in total. The van der Waals surface area contributed by atoms with Gasteiger partial charge in [-0.15, -0.1) is 0 Å². The lowest BCUT2D eigenvalue weighted by molar-refractivity contribution is -0.148. The highest BCUT2D eigenvalue weighted by atomic mass is 19.1. The number of carbonyl (C=O) groups is 5. The van der Waals surface area contributed by atoms with E-state index in [0.29, 0.717) is 19.4 Å². The third-order valence-electron chi connectivity index (χ3n) is 9.02. The van der Waals surface area contributed by atoms with Crippen LogP contribution in [0.25, 0.3) is 0 Å². The van der Waals surface area contributed by atoms with Crippen LogP contribution in [-0.2, 0) is 36.8 Å². The average Bonchev–Trinajstić information content (AvgIpc) is 3.11. The first-order valence-corrected chi connectivity index (χ1v) is 17.3. The molecule has 1 aliphatic heterocycles. The number of rotatable bonds is 20. The molecule has 0 saturated carbocycles. The quantitative estimate of drug-likeness (QED) is 0.0977. The van der Waals surface area contributed by atoms with Crippen molar-refractivity contribution in [2.75, 3.05) is 26.3 Å². The Morgan fingerprint density at radius 2 is 1.24 bits per heavy atom. The molecule has 13 nitrogen and oxygen atoms in total. The van der Waals surface area contributed by atoms with Crippen molar-refractivity contribution in [2.24, 2.45) is 17.2 Å². The van der Waals surface area contributed by atoms with Gasteiger partial charge in [-0.05, 0) is 75.5 Å². The van der Waals surface area contributed by atoms with Crippen LogP contribution in [0.4, 0.5) is 4.39 Å². The Kier molecular flexibility index (Phi) is 16.3. The lowest BCUT2D eigenvalue weighted by Gasteiger charge is -2.38. The van der Waals surface area contributed by atoms with Crippen LogP contribution in [0.1, 0.15) is 62.5 Å². The Labute approximate surface area is 292 Å². The second-order valence-electron chi connectivity index (χ2n) is 12.9. The number of hydrogen-bond acceptors (Lipinski definition) is 8. The highest BCUT2D eigenvalue weighted by Crippen LogP contribution is 2.21. The Hall–Kier alpha value is -4.40. The second-order valence-corrected chi connectivity index (χ2v) is 12.9. The van der Waals surface area contributed by atoms with Gasteiger partial charge in [0.1, 0.15) is 23.7 Å². The van der Waals surface area contributed by atoms with Gasteiger partial charge in [-0.2, -0.15) is 0 Å². The molecule has 3 rings (SSSR count). The number of nitrogens with one attached hydrogen (secondary N) is 3. The van der Waals surface area contributed by atoms with Gasteiger partial charge in [0, 0.05) is 19.5 Å². The molecule has 1 heterocycles. The van der Waals surface area contributed by atoms with Gasteiger partial charge >= 0.3 is 5.97 Å². The third kappa shape index (κ3) is 12.5. The number of likely N-dealkylation sites (tertiary alicyclic amines) is 1. The Morgan fingerprint density at radius 3 is 1.80 bits per heavy atom. The summed E-state index contributed by atoms with van der Waals surface area (Å²) in [6.45, 7) is -0.00953. The summed E-state index contributed by atoms with van der Waals surface area (Å²) >= 11 is 0. The lowest BCUT2D eigenvalue weighted by Crippen LogP contribution is -2.60. The number of aliphatic carboxylic acids is 1. The van der Waals surface area contributed by atoms with Gasteiger partial charge in [0.25, 0.3) is 0 Å². The normalized spacial score (nSPS) is 16.4. The molecule has 2 aromatic rings. The molecular formula is C36H52FN7O6. The molecule has 0 aliphatic carbocycles. The van der Waals surface area contributed by atoms with E-state index in [2.05, 4.69) is 16.0 Å². The van der Waals surface area contributed by atoms with Crippen molar-refractivity contribution in [3.63, 3.8) is 0 Å². The zero-order valence-corrected chi connectivity index (χ0v) is 28.5. The van der Waals surface area contributed by atoms with Gasteiger partial charge in [0.2, 0.25) is 23.6 Å². The molecule has 1 saturated heterocycles. The second kappa shape index (κ2) is 20.3. The van der Waals surface area contributed by atoms with Crippen molar-refractivity contribution in [2.45, 2.75) is 93.9 Å². The molecule has 0 bridgehead atoms. The van der Waals surface area contributed by atoms with Crippen LogP contribution >= 0.6 is 0 Å². The molecule has 1 aliphatic rings. The van der Waals surface area contributed by atoms with E-state index in [0.717, 1.165) is 11.1 Å². The van der Waals surface area contributed by atoms with E-state index in [-0.39, 0.29) is 64.5 Å². The Morgan fingerprint density at radius 1 is 0.740 bits per heavy atom. The molecule has 14 heteroatoms. The SMILES string of the molecule is NCCCC[C@@H](NC(=O)C(CCCCF)NC(=O)[C@@H](Cc1ccccc1)NC(=O)[C@H](N)Cc1ccccc1)C(=O)N1CCC(N)(C(=O)O)CC1. The first kappa shape index (κ1) is 40.0. The summed E-state index contributed by atoms with van der Waals surface area (Å²) in [7, 11) is 0. The summed E-state index contributed by atoms with van der Waals surface area (Å²) in [5, 5.41) is 17.8. The minimum atomic E-state index is -1.43. The zero-order valence-electron chi connectivity index (χ0n) is 28.5. The summed E-state index contributed by atoms with van der Waals surface area (Å²) in [5.74, 6) is -3.34. The van der Waals surface area contributed by atoms with Crippen LogP contribution in [0.3, 0.4) is 0 Å². The van der Waals surface area contributed by atoms with Gasteiger partial charge < -0.3 is 43.2 Å². The topological polar surface area (TPSA) is 223 Å². The molecule has 4 amide bonds. The predicted molar refractivity (Wildman–Crippen MR) is 187 cm³/mol. The molecule has 0 radical (unpaired) electrons. The highest BCUT2D eigenvalue weighted by Gasteiger charge is 2.40. The van der Waals surface area contributed by atoms with Crippen LogP contribution in [0.5, 0.6) is 0 Å². The Balaban J connectivity index is 1.77. The van der Waals surface area contributed by atoms with Gasteiger partial charge in [-0.1, -0.05) is 60.7 Å². The van der Waals surface area contributed by atoms with Crippen molar-refractivity contribution >= 4 is 29.6 Å². The molecule has 2 aromatic carbocycles. The van der Waals surface area contributed by atoms with Gasteiger partial charge in [0.05, 0.1) is 12.7 Å². The number of carboxylic acids is 1. The maximum absolute atomic E-state index is 13.8. The van der Waals surface area contributed by atoms with Crippen molar-refractivity contribution in [3.05, 3.63) is 71.8 Å². The van der Waals surface area contributed by atoms with Gasteiger partial charge in [-0.3, -0.25) is 28.4 Å². The molecule has 1 fully saturated rings. The number of amides is 4. The maximum atomic E-state index is 13.8. The smallest absolute Gasteiger partial charge is 0.323 e. The summed E-state index contributed by atoms with van der Waals surface area (Å²) in [5.41, 5.74) is 18.1. The molecular weight excluding hydrogens is 645 g/mol. The first-order valence-electron chi connectivity index (χ1n) is 17.3. The van der Waals surface area contributed by atoms with Crippen molar-refractivity contribution < 1.29 is 33.5 Å². The van der Waals surface area contributed by atoms with Crippen LogP contribution in [0.15, 0.2) is 60.7 Å². The largest absolute Gasteiger partial charge is 0.480 e. The predicted octanol–water partition coefficient (Wildman–Crippen LogP) is 0.927. The number of piperidine rings is 1. The third-order valence-corrected chi connectivity index (χ3v) is 9.02. The first-order chi connectivity index (χ1) is 24.0. The average molecular weight is 698 g/mol. The summed E-state index contributed by atoms with van der Waals surface area (Å²) in [6.07, 6.45) is 2.41. The van der Waals surface area contributed by atoms with E-state index in [1.807, 2.05) is 48.5 Å². The van der Waals surface area contributed by atoms with Gasteiger partial charge in [-0.25, -0.2) is 0 Å². The van der Waals surface area contributed by atoms with E-state index in [1.165, 1.54) is 4.90 Å². The zero-order chi connectivity index (χ0) is 36.5. The van der Waals surface area contributed by atoms with Crippen LogP contribution in [0.2, 0.25) is 0 Å². The van der Waals surface area contributed by atoms with E-state index in [4.69, 9.17) is 17.2 Å². The fraction of sp³-hybridized carbons (Fsp3) is 0.528. The van der Waals surface area contributed by atoms with Crippen molar-refractivity contribution in [1.82, 2.24) is 20.9 Å². The summed E-state index contributed by atoms with van der Waals surface area (Å²) in [6, 6.07) is 14.1. The fourth-order valence-corrected chi connectivity index (χ4v) is 5.87. The monoisotopic (exact) mass is 697 g/mol. The van der Waals surface area contributed by atoms with Gasteiger partial charge in [0.15, 0.2) is 0 Å². The molecule has 274 valence electrons. The number of halogens is 1. The molecule has 0 aromatic heterocycles. The highest BCUT2D eigenvalue weighted by molar-refractivity contribution is 5.95. The molecule has 4 atom stereocenters.